The number of ether oxygens (including phenoxy) is 1. The van der Waals surface area contributed by atoms with Crippen LogP contribution in [-0.4, -0.2) is 11.9 Å². The van der Waals surface area contributed by atoms with E-state index in [4.69, 9.17) is 4.74 Å². The third kappa shape index (κ3) is 3.16. The number of benzene rings is 1. The lowest BCUT2D eigenvalue weighted by Gasteiger charge is -2.21. The van der Waals surface area contributed by atoms with Crippen LogP contribution in [0, 0.1) is 0 Å². The summed E-state index contributed by atoms with van der Waals surface area (Å²) >= 11 is 3.49. The predicted molar refractivity (Wildman–Crippen MR) is 66.2 cm³/mol. The minimum atomic E-state index is 0.119. The van der Waals surface area contributed by atoms with Crippen LogP contribution in [0.25, 0.3) is 0 Å². The van der Waals surface area contributed by atoms with E-state index in [-0.39, 0.29) is 6.10 Å². The number of hydrogen-bond acceptors (Lipinski definition) is 2. The molecule has 0 saturated heterocycles. The second-order valence-electron chi connectivity index (χ2n) is 4.16. The van der Waals surface area contributed by atoms with Crippen molar-refractivity contribution in [1.29, 1.82) is 0 Å². The molecule has 2 rings (SSSR count). The Balaban J connectivity index is 1.87. The van der Waals surface area contributed by atoms with Gasteiger partial charge in [-0.05, 0) is 24.5 Å². The Morgan fingerprint density at radius 1 is 1.38 bits per heavy atom. The molecule has 1 atom stereocenters. The number of carbonyl (C=O) groups is 1. The Kier molecular flexibility index (Phi) is 4.13. The summed E-state index contributed by atoms with van der Waals surface area (Å²) in [6.07, 6.45) is 3.42. The van der Waals surface area contributed by atoms with E-state index in [2.05, 4.69) is 15.9 Å². The molecule has 0 amide bonds. The SMILES string of the molecule is O=C1CCCC(OCc2ccccc2Br)C1. The first-order chi connectivity index (χ1) is 7.75. The first-order valence-corrected chi connectivity index (χ1v) is 6.41. The lowest BCUT2D eigenvalue weighted by atomic mass is 9.96. The minimum Gasteiger partial charge on any atom is -0.373 e. The van der Waals surface area contributed by atoms with Gasteiger partial charge >= 0.3 is 0 Å². The lowest BCUT2D eigenvalue weighted by Crippen LogP contribution is -2.22. The molecule has 16 heavy (non-hydrogen) atoms. The summed E-state index contributed by atoms with van der Waals surface area (Å²) in [4.78, 5) is 11.3. The quantitative estimate of drug-likeness (QED) is 0.849. The van der Waals surface area contributed by atoms with Gasteiger partial charge in [-0.25, -0.2) is 0 Å². The minimum absolute atomic E-state index is 0.119. The largest absolute Gasteiger partial charge is 0.373 e. The zero-order valence-corrected chi connectivity index (χ0v) is 10.7. The fourth-order valence-corrected chi connectivity index (χ4v) is 2.35. The summed E-state index contributed by atoms with van der Waals surface area (Å²) in [6, 6.07) is 8.02. The number of ketones is 1. The zero-order chi connectivity index (χ0) is 11.4. The number of hydrogen-bond donors (Lipinski definition) is 0. The van der Waals surface area contributed by atoms with Crippen molar-refractivity contribution < 1.29 is 9.53 Å². The normalized spacial score (nSPS) is 21.1. The summed E-state index contributed by atoms with van der Waals surface area (Å²) < 4.78 is 6.84. The lowest BCUT2D eigenvalue weighted by molar-refractivity contribution is -0.124. The summed E-state index contributed by atoms with van der Waals surface area (Å²) in [7, 11) is 0. The van der Waals surface area contributed by atoms with Crippen LogP contribution in [0.1, 0.15) is 31.2 Å². The van der Waals surface area contributed by atoms with Crippen molar-refractivity contribution in [3.05, 3.63) is 34.3 Å². The van der Waals surface area contributed by atoms with E-state index < -0.39 is 0 Å². The molecule has 1 aromatic rings. The Hall–Kier alpha value is -0.670. The molecule has 0 aromatic heterocycles. The van der Waals surface area contributed by atoms with Crippen LogP contribution in [0.5, 0.6) is 0 Å². The van der Waals surface area contributed by atoms with Gasteiger partial charge in [0.2, 0.25) is 0 Å². The van der Waals surface area contributed by atoms with Gasteiger partial charge < -0.3 is 4.74 Å². The molecule has 1 unspecified atom stereocenters. The van der Waals surface area contributed by atoms with Crippen LogP contribution in [0.15, 0.2) is 28.7 Å². The highest BCUT2D eigenvalue weighted by atomic mass is 79.9. The van der Waals surface area contributed by atoms with Gasteiger partial charge in [0.25, 0.3) is 0 Å². The molecule has 1 fully saturated rings. The summed E-state index contributed by atoms with van der Waals surface area (Å²) in [6.45, 7) is 0.583. The molecular weight excluding hydrogens is 268 g/mol. The number of halogens is 1. The fourth-order valence-electron chi connectivity index (χ4n) is 1.95. The third-order valence-electron chi connectivity index (χ3n) is 2.87. The molecule has 2 nitrogen and oxygen atoms in total. The average molecular weight is 283 g/mol. The Morgan fingerprint density at radius 2 is 2.19 bits per heavy atom. The summed E-state index contributed by atoms with van der Waals surface area (Å²) in [5, 5.41) is 0. The van der Waals surface area contributed by atoms with Crippen molar-refractivity contribution in [3.8, 4) is 0 Å². The Morgan fingerprint density at radius 3 is 2.94 bits per heavy atom. The molecule has 1 saturated carbocycles. The highest BCUT2D eigenvalue weighted by molar-refractivity contribution is 9.10. The molecule has 3 heteroatoms. The first kappa shape index (κ1) is 11.8. The van der Waals surface area contributed by atoms with Crippen LogP contribution < -0.4 is 0 Å². The highest BCUT2D eigenvalue weighted by Crippen LogP contribution is 2.22. The van der Waals surface area contributed by atoms with Gasteiger partial charge in [-0.3, -0.25) is 4.79 Å². The molecule has 0 N–H and O–H groups in total. The van der Waals surface area contributed by atoms with Gasteiger partial charge in [0, 0.05) is 17.3 Å². The van der Waals surface area contributed by atoms with Crippen molar-refractivity contribution in [1.82, 2.24) is 0 Å². The van der Waals surface area contributed by atoms with Crippen LogP contribution in [0.4, 0.5) is 0 Å². The van der Waals surface area contributed by atoms with Gasteiger partial charge in [-0.2, -0.15) is 0 Å². The molecule has 0 aliphatic heterocycles. The molecule has 1 aromatic carbocycles. The maximum absolute atomic E-state index is 11.3. The Bertz CT molecular complexity index is 376. The number of Topliss-reactive ketones (excluding diaryl/α,β-unsaturated/α-hetero) is 1. The monoisotopic (exact) mass is 282 g/mol. The predicted octanol–water partition coefficient (Wildman–Crippen LogP) is 3.48. The van der Waals surface area contributed by atoms with Crippen LogP contribution in [-0.2, 0) is 16.1 Å². The third-order valence-corrected chi connectivity index (χ3v) is 3.64. The molecule has 0 radical (unpaired) electrons. The standard InChI is InChI=1S/C13H15BrO2/c14-13-7-2-1-4-10(13)9-16-12-6-3-5-11(15)8-12/h1-2,4,7,12H,3,5-6,8-9H2. The van der Waals surface area contributed by atoms with Gasteiger partial charge in [-0.1, -0.05) is 34.1 Å². The molecule has 1 aliphatic rings. The van der Waals surface area contributed by atoms with Crippen LogP contribution in [0.2, 0.25) is 0 Å². The summed E-state index contributed by atoms with van der Waals surface area (Å²) in [5.41, 5.74) is 1.14. The first-order valence-electron chi connectivity index (χ1n) is 5.62. The second-order valence-corrected chi connectivity index (χ2v) is 5.01. The second kappa shape index (κ2) is 5.60. The molecule has 0 heterocycles. The van der Waals surface area contributed by atoms with Crippen LogP contribution >= 0.6 is 15.9 Å². The van der Waals surface area contributed by atoms with Crippen molar-refractivity contribution >= 4 is 21.7 Å². The maximum atomic E-state index is 11.3. The average Bonchev–Trinajstić information content (AvgIpc) is 2.28. The molecule has 0 spiro atoms. The number of rotatable bonds is 3. The van der Waals surface area contributed by atoms with E-state index >= 15 is 0 Å². The number of carbonyl (C=O) groups excluding carboxylic acids is 1. The highest BCUT2D eigenvalue weighted by Gasteiger charge is 2.19. The topological polar surface area (TPSA) is 26.3 Å². The van der Waals surface area contributed by atoms with Crippen molar-refractivity contribution in [2.75, 3.05) is 0 Å². The van der Waals surface area contributed by atoms with Gasteiger partial charge in [-0.15, -0.1) is 0 Å². The van der Waals surface area contributed by atoms with Crippen molar-refractivity contribution in [2.24, 2.45) is 0 Å². The van der Waals surface area contributed by atoms with E-state index in [9.17, 15) is 4.79 Å². The van der Waals surface area contributed by atoms with Gasteiger partial charge in [0.15, 0.2) is 0 Å². The van der Waals surface area contributed by atoms with Gasteiger partial charge in [0.1, 0.15) is 5.78 Å². The van der Waals surface area contributed by atoms with E-state index in [0.717, 1.165) is 29.3 Å². The summed E-state index contributed by atoms with van der Waals surface area (Å²) in [5.74, 6) is 0.336. The van der Waals surface area contributed by atoms with Crippen molar-refractivity contribution in [2.45, 2.75) is 38.4 Å². The molecule has 86 valence electrons. The molecular formula is C13H15BrO2. The van der Waals surface area contributed by atoms with Crippen LogP contribution in [0.3, 0.4) is 0 Å². The zero-order valence-electron chi connectivity index (χ0n) is 9.12. The molecule has 1 aliphatic carbocycles. The maximum Gasteiger partial charge on any atom is 0.135 e. The van der Waals surface area contributed by atoms with E-state index in [1.54, 1.807) is 0 Å². The molecule has 0 bridgehead atoms. The van der Waals surface area contributed by atoms with E-state index in [0.29, 0.717) is 18.8 Å². The van der Waals surface area contributed by atoms with Crippen molar-refractivity contribution in [3.63, 3.8) is 0 Å². The van der Waals surface area contributed by atoms with E-state index in [1.165, 1.54) is 0 Å². The smallest absolute Gasteiger partial charge is 0.135 e. The van der Waals surface area contributed by atoms with E-state index in [1.807, 2.05) is 24.3 Å². The fraction of sp³-hybridized carbons (Fsp3) is 0.462. The van der Waals surface area contributed by atoms with Gasteiger partial charge in [0.05, 0.1) is 12.7 Å². The Labute approximate surface area is 104 Å².